The maximum atomic E-state index is 13.0. The minimum Gasteiger partial charge on any atom is -0.371 e. The molecule has 4 nitrogen and oxygen atoms in total. The molecule has 3 aromatic rings. The number of carbonyl (C=O) groups is 1. The third kappa shape index (κ3) is 3.07. The maximum absolute atomic E-state index is 13.0. The van der Waals surface area contributed by atoms with E-state index in [2.05, 4.69) is 39.8 Å². The molecule has 0 spiro atoms. The number of hydrogen-bond donors (Lipinski definition) is 0. The quantitative estimate of drug-likeness (QED) is 0.719. The highest BCUT2D eigenvalue weighted by atomic mass is 16.2. The van der Waals surface area contributed by atoms with Crippen LogP contribution >= 0.6 is 0 Å². The van der Waals surface area contributed by atoms with Gasteiger partial charge in [0.25, 0.3) is 5.91 Å². The molecule has 0 unspecified atom stereocenters. The summed E-state index contributed by atoms with van der Waals surface area (Å²) < 4.78 is 2.06. The Labute approximate surface area is 154 Å². The molecule has 2 aromatic carbocycles. The van der Waals surface area contributed by atoms with Crippen LogP contribution in [0.4, 0.5) is 5.69 Å². The molecule has 4 heteroatoms. The van der Waals surface area contributed by atoms with Gasteiger partial charge in [-0.25, -0.2) is 0 Å². The Hall–Kier alpha value is -2.75. The van der Waals surface area contributed by atoms with E-state index in [1.807, 2.05) is 49.5 Å². The molecule has 2 heterocycles. The van der Waals surface area contributed by atoms with Crippen molar-refractivity contribution in [1.29, 1.82) is 0 Å². The van der Waals surface area contributed by atoms with Crippen LogP contribution in [-0.2, 0) is 7.05 Å². The van der Waals surface area contributed by atoms with Crippen molar-refractivity contribution in [3.8, 4) is 0 Å². The molecule has 4 rings (SSSR count). The van der Waals surface area contributed by atoms with E-state index in [-0.39, 0.29) is 5.91 Å². The predicted molar refractivity (Wildman–Crippen MR) is 107 cm³/mol. The van der Waals surface area contributed by atoms with E-state index in [1.54, 1.807) is 0 Å². The second-order valence-electron chi connectivity index (χ2n) is 7.29. The Morgan fingerprint density at radius 1 is 1.12 bits per heavy atom. The number of aryl methyl sites for hydroxylation is 1. The standard InChI is InChI=1S/C22H25N3O/c1-23-13-12-19-20(9-6-10-21(19)23)22(26)24(2)15-17-11-14-25(16-17)18-7-4-3-5-8-18/h3-10,12-13,17H,11,14-16H2,1-2H3/t17-/m0/s1. The van der Waals surface area contributed by atoms with E-state index < -0.39 is 0 Å². The van der Waals surface area contributed by atoms with Gasteiger partial charge in [0.1, 0.15) is 0 Å². The Morgan fingerprint density at radius 2 is 1.92 bits per heavy atom. The van der Waals surface area contributed by atoms with Crippen LogP contribution in [-0.4, -0.2) is 42.1 Å². The number of para-hydroxylation sites is 1. The van der Waals surface area contributed by atoms with Crippen molar-refractivity contribution < 1.29 is 4.79 Å². The summed E-state index contributed by atoms with van der Waals surface area (Å²) in [6.07, 6.45) is 3.14. The Kier molecular flexibility index (Phi) is 4.41. The molecule has 134 valence electrons. The lowest BCUT2D eigenvalue weighted by Gasteiger charge is -2.23. The normalized spacial score (nSPS) is 17.0. The molecule has 1 aliphatic heterocycles. The molecule has 1 aromatic heterocycles. The maximum Gasteiger partial charge on any atom is 0.254 e. The summed E-state index contributed by atoms with van der Waals surface area (Å²) in [5, 5.41) is 1.03. The van der Waals surface area contributed by atoms with Crippen molar-refractivity contribution in [2.24, 2.45) is 13.0 Å². The highest BCUT2D eigenvalue weighted by Crippen LogP contribution is 2.25. The molecule has 0 radical (unpaired) electrons. The Morgan fingerprint density at radius 3 is 2.73 bits per heavy atom. The van der Waals surface area contributed by atoms with Crippen LogP contribution in [0.2, 0.25) is 0 Å². The highest BCUT2D eigenvalue weighted by Gasteiger charge is 2.26. The largest absolute Gasteiger partial charge is 0.371 e. The van der Waals surface area contributed by atoms with E-state index in [4.69, 9.17) is 0 Å². The summed E-state index contributed by atoms with van der Waals surface area (Å²) in [7, 11) is 3.94. The van der Waals surface area contributed by atoms with Gasteiger partial charge in [0.2, 0.25) is 0 Å². The van der Waals surface area contributed by atoms with Crippen LogP contribution < -0.4 is 4.90 Å². The molecule has 1 atom stereocenters. The first-order valence-corrected chi connectivity index (χ1v) is 9.23. The number of amides is 1. The number of rotatable bonds is 4. The van der Waals surface area contributed by atoms with Gasteiger partial charge in [0.05, 0.1) is 0 Å². The SMILES string of the molecule is CN(C[C@@H]1CCN(c2ccccc2)C1)C(=O)c1cccc2c1ccn2C. The van der Waals surface area contributed by atoms with E-state index in [0.717, 1.165) is 42.5 Å². The zero-order valence-electron chi connectivity index (χ0n) is 15.4. The lowest BCUT2D eigenvalue weighted by molar-refractivity contribution is 0.0778. The fraction of sp³-hybridized carbons (Fsp3) is 0.318. The lowest BCUT2D eigenvalue weighted by atomic mass is 10.1. The van der Waals surface area contributed by atoms with E-state index in [0.29, 0.717) is 5.92 Å². The van der Waals surface area contributed by atoms with Gasteiger partial charge in [0.15, 0.2) is 0 Å². The molecular formula is C22H25N3O. The van der Waals surface area contributed by atoms with Crippen molar-refractivity contribution in [2.75, 3.05) is 31.6 Å². The van der Waals surface area contributed by atoms with E-state index in [9.17, 15) is 4.79 Å². The summed E-state index contributed by atoms with van der Waals surface area (Å²) in [5.41, 5.74) is 3.17. The van der Waals surface area contributed by atoms with Crippen LogP contribution in [0.5, 0.6) is 0 Å². The van der Waals surface area contributed by atoms with Gasteiger partial charge in [-0.05, 0) is 42.7 Å². The molecule has 1 aliphatic rings. The average molecular weight is 347 g/mol. The molecule has 0 N–H and O–H groups in total. The predicted octanol–water partition coefficient (Wildman–Crippen LogP) is 3.78. The number of aromatic nitrogens is 1. The molecule has 1 amide bonds. The first kappa shape index (κ1) is 16.7. The second kappa shape index (κ2) is 6.87. The first-order valence-electron chi connectivity index (χ1n) is 9.23. The summed E-state index contributed by atoms with van der Waals surface area (Å²) in [5.74, 6) is 0.624. The third-order valence-electron chi connectivity index (χ3n) is 5.44. The van der Waals surface area contributed by atoms with Gasteiger partial charge in [-0.15, -0.1) is 0 Å². The van der Waals surface area contributed by atoms with Crippen LogP contribution in [0.3, 0.4) is 0 Å². The molecule has 0 saturated carbocycles. The van der Waals surface area contributed by atoms with Crippen LogP contribution in [0.25, 0.3) is 10.9 Å². The summed E-state index contributed by atoms with van der Waals surface area (Å²) >= 11 is 0. The molecule has 1 saturated heterocycles. The number of carbonyl (C=O) groups excluding carboxylic acids is 1. The van der Waals surface area contributed by atoms with Crippen LogP contribution in [0.15, 0.2) is 60.8 Å². The number of anilines is 1. The minimum atomic E-state index is 0.111. The first-order chi connectivity index (χ1) is 12.6. The Balaban J connectivity index is 1.45. The van der Waals surface area contributed by atoms with Gasteiger partial charge in [0, 0.05) is 62.1 Å². The van der Waals surface area contributed by atoms with E-state index >= 15 is 0 Å². The van der Waals surface area contributed by atoms with Gasteiger partial charge < -0.3 is 14.4 Å². The summed E-state index contributed by atoms with van der Waals surface area (Å²) in [6.45, 7) is 2.87. The summed E-state index contributed by atoms with van der Waals surface area (Å²) in [4.78, 5) is 17.3. The molecular weight excluding hydrogens is 322 g/mol. The molecule has 1 fully saturated rings. The van der Waals surface area contributed by atoms with Crippen molar-refractivity contribution in [2.45, 2.75) is 6.42 Å². The summed E-state index contributed by atoms with van der Waals surface area (Å²) in [6, 6.07) is 18.5. The fourth-order valence-corrected chi connectivity index (χ4v) is 4.02. The van der Waals surface area contributed by atoms with Gasteiger partial charge in [-0.2, -0.15) is 0 Å². The highest BCUT2D eigenvalue weighted by molar-refractivity contribution is 6.06. The third-order valence-corrected chi connectivity index (χ3v) is 5.44. The van der Waals surface area contributed by atoms with Crippen LogP contribution in [0.1, 0.15) is 16.8 Å². The zero-order chi connectivity index (χ0) is 18.1. The Bertz CT molecular complexity index is 916. The zero-order valence-corrected chi connectivity index (χ0v) is 15.4. The monoisotopic (exact) mass is 347 g/mol. The average Bonchev–Trinajstić information content (AvgIpc) is 3.29. The van der Waals surface area contributed by atoms with Gasteiger partial charge in [-0.1, -0.05) is 24.3 Å². The second-order valence-corrected chi connectivity index (χ2v) is 7.29. The number of fused-ring (bicyclic) bond motifs is 1. The van der Waals surface area contributed by atoms with Crippen molar-refractivity contribution >= 4 is 22.5 Å². The molecule has 0 bridgehead atoms. The van der Waals surface area contributed by atoms with Crippen molar-refractivity contribution in [3.05, 3.63) is 66.4 Å². The molecule has 26 heavy (non-hydrogen) atoms. The van der Waals surface area contributed by atoms with E-state index in [1.165, 1.54) is 5.69 Å². The number of nitrogens with zero attached hydrogens (tertiary/aromatic N) is 3. The van der Waals surface area contributed by atoms with Crippen molar-refractivity contribution in [3.63, 3.8) is 0 Å². The minimum absolute atomic E-state index is 0.111. The fourth-order valence-electron chi connectivity index (χ4n) is 4.02. The van der Waals surface area contributed by atoms with Gasteiger partial charge in [-0.3, -0.25) is 4.79 Å². The smallest absolute Gasteiger partial charge is 0.254 e. The van der Waals surface area contributed by atoms with Crippen molar-refractivity contribution in [1.82, 2.24) is 9.47 Å². The number of benzene rings is 2. The van der Waals surface area contributed by atoms with Crippen LogP contribution in [0, 0.1) is 5.92 Å². The van der Waals surface area contributed by atoms with Gasteiger partial charge >= 0.3 is 0 Å². The topological polar surface area (TPSA) is 28.5 Å². The lowest BCUT2D eigenvalue weighted by Crippen LogP contribution is -2.33. The molecule has 0 aliphatic carbocycles. The number of hydrogen-bond acceptors (Lipinski definition) is 2.